The van der Waals surface area contributed by atoms with Crippen LogP contribution in [0.15, 0.2) is 42.5 Å². The SMILES string of the molecule is COc1cc(C)c2c3c(ccc2c1)C(=O)c1cccc(O)c1C3=O. The monoisotopic (exact) mass is 318 g/mol. The van der Waals surface area contributed by atoms with Crippen LogP contribution >= 0.6 is 0 Å². The van der Waals surface area contributed by atoms with E-state index in [1.54, 1.807) is 25.3 Å². The van der Waals surface area contributed by atoms with E-state index in [9.17, 15) is 14.7 Å². The number of ketones is 2. The second-order valence-corrected chi connectivity index (χ2v) is 5.89. The number of methoxy groups -OCH3 is 1. The molecule has 0 spiro atoms. The number of benzene rings is 3. The molecule has 1 N–H and O–H groups in total. The van der Waals surface area contributed by atoms with Crippen molar-refractivity contribution in [3.8, 4) is 11.5 Å². The van der Waals surface area contributed by atoms with Crippen molar-refractivity contribution in [3.05, 3.63) is 70.3 Å². The zero-order chi connectivity index (χ0) is 17.0. The van der Waals surface area contributed by atoms with Crippen molar-refractivity contribution in [3.63, 3.8) is 0 Å². The van der Waals surface area contributed by atoms with Crippen LogP contribution in [0, 0.1) is 6.92 Å². The van der Waals surface area contributed by atoms with E-state index in [2.05, 4.69) is 0 Å². The highest BCUT2D eigenvalue weighted by Gasteiger charge is 2.33. The molecule has 0 bridgehead atoms. The number of rotatable bonds is 1. The summed E-state index contributed by atoms with van der Waals surface area (Å²) in [5.41, 5.74) is 1.91. The zero-order valence-corrected chi connectivity index (χ0v) is 13.2. The van der Waals surface area contributed by atoms with Gasteiger partial charge in [0.05, 0.1) is 12.7 Å². The molecule has 118 valence electrons. The number of hydrogen-bond acceptors (Lipinski definition) is 4. The Morgan fingerprint density at radius 1 is 0.917 bits per heavy atom. The lowest BCUT2D eigenvalue weighted by Crippen LogP contribution is -2.21. The van der Waals surface area contributed by atoms with Crippen LogP contribution in [-0.4, -0.2) is 23.8 Å². The second kappa shape index (κ2) is 4.93. The van der Waals surface area contributed by atoms with Crippen LogP contribution in [0.4, 0.5) is 0 Å². The quantitative estimate of drug-likeness (QED) is 0.582. The Labute approximate surface area is 138 Å². The summed E-state index contributed by atoms with van der Waals surface area (Å²) in [6.07, 6.45) is 0. The minimum atomic E-state index is -0.323. The summed E-state index contributed by atoms with van der Waals surface area (Å²) < 4.78 is 5.28. The number of carbonyl (C=O) groups excluding carboxylic acids is 2. The van der Waals surface area contributed by atoms with Gasteiger partial charge < -0.3 is 9.84 Å². The van der Waals surface area contributed by atoms with Crippen molar-refractivity contribution in [1.29, 1.82) is 0 Å². The molecule has 4 nitrogen and oxygen atoms in total. The Kier molecular flexibility index (Phi) is 2.97. The smallest absolute Gasteiger partial charge is 0.198 e. The molecule has 4 rings (SSSR count). The molecule has 1 aliphatic rings. The number of hydrogen-bond donors (Lipinski definition) is 1. The summed E-state index contributed by atoms with van der Waals surface area (Å²) in [5.74, 6) is -0.0402. The first-order valence-electron chi connectivity index (χ1n) is 7.55. The Balaban J connectivity index is 2.12. The fraction of sp³-hybridized carbons (Fsp3) is 0.100. The van der Waals surface area contributed by atoms with Gasteiger partial charge in [-0.05, 0) is 47.5 Å². The number of fused-ring (bicyclic) bond motifs is 4. The van der Waals surface area contributed by atoms with Crippen LogP contribution in [0.3, 0.4) is 0 Å². The van der Waals surface area contributed by atoms with Gasteiger partial charge >= 0.3 is 0 Å². The summed E-state index contributed by atoms with van der Waals surface area (Å²) in [4.78, 5) is 25.8. The third kappa shape index (κ3) is 1.80. The first kappa shape index (κ1) is 14.5. The Morgan fingerprint density at radius 2 is 1.67 bits per heavy atom. The molecule has 0 radical (unpaired) electrons. The van der Waals surface area contributed by atoms with E-state index >= 15 is 0 Å². The van der Waals surface area contributed by atoms with E-state index in [4.69, 9.17) is 4.74 Å². The predicted octanol–water partition coefficient (Wildman–Crippen LogP) is 3.64. The fourth-order valence-electron chi connectivity index (χ4n) is 3.43. The van der Waals surface area contributed by atoms with Gasteiger partial charge in [0.2, 0.25) is 0 Å². The summed E-state index contributed by atoms with van der Waals surface area (Å²) in [5, 5.41) is 11.6. The van der Waals surface area contributed by atoms with Gasteiger partial charge in [-0.1, -0.05) is 18.2 Å². The van der Waals surface area contributed by atoms with Gasteiger partial charge in [-0.3, -0.25) is 9.59 Å². The molecule has 0 saturated heterocycles. The van der Waals surface area contributed by atoms with Crippen LogP contribution in [0.25, 0.3) is 10.8 Å². The number of aromatic hydroxyl groups is 1. The molecule has 0 fully saturated rings. The standard InChI is InChI=1S/C20H14O4/c1-10-8-12(24-2)9-11-6-7-14-18(16(10)11)20(23)17-13(19(14)22)4-3-5-15(17)21/h3-9,21H,1-2H3. The third-order valence-corrected chi connectivity index (χ3v) is 4.51. The minimum Gasteiger partial charge on any atom is -0.507 e. The maximum Gasteiger partial charge on any atom is 0.198 e. The molecule has 3 aromatic carbocycles. The van der Waals surface area contributed by atoms with E-state index in [-0.39, 0.29) is 28.4 Å². The van der Waals surface area contributed by atoms with Gasteiger partial charge in [-0.15, -0.1) is 0 Å². The van der Waals surface area contributed by atoms with Crippen molar-refractivity contribution >= 4 is 22.3 Å². The van der Waals surface area contributed by atoms with Crippen LogP contribution in [0.2, 0.25) is 0 Å². The Hall–Kier alpha value is -3.14. The zero-order valence-electron chi connectivity index (χ0n) is 13.2. The number of phenolic OH excluding ortho intramolecular Hbond substituents is 1. The van der Waals surface area contributed by atoms with Gasteiger partial charge in [0.15, 0.2) is 11.6 Å². The first-order valence-corrected chi connectivity index (χ1v) is 7.55. The lowest BCUT2D eigenvalue weighted by molar-refractivity contribution is 0.0978. The van der Waals surface area contributed by atoms with Gasteiger partial charge in [0.25, 0.3) is 0 Å². The molecular formula is C20H14O4. The van der Waals surface area contributed by atoms with Crippen molar-refractivity contribution < 1.29 is 19.4 Å². The van der Waals surface area contributed by atoms with Crippen molar-refractivity contribution in [1.82, 2.24) is 0 Å². The summed E-state index contributed by atoms with van der Waals surface area (Å²) in [6, 6.07) is 11.7. The van der Waals surface area contributed by atoms with Crippen molar-refractivity contribution in [2.24, 2.45) is 0 Å². The van der Waals surface area contributed by atoms with Crippen LogP contribution in [0.5, 0.6) is 11.5 Å². The highest BCUT2D eigenvalue weighted by molar-refractivity contribution is 6.33. The molecular weight excluding hydrogens is 304 g/mol. The lowest BCUT2D eigenvalue weighted by Gasteiger charge is -2.21. The molecule has 24 heavy (non-hydrogen) atoms. The largest absolute Gasteiger partial charge is 0.507 e. The molecule has 0 amide bonds. The van der Waals surface area contributed by atoms with Crippen LogP contribution in [-0.2, 0) is 0 Å². The average molecular weight is 318 g/mol. The number of carbonyl (C=O) groups is 2. The first-order chi connectivity index (χ1) is 11.5. The number of aryl methyl sites for hydroxylation is 1. The van der Waals surface area contributed by atoms with Crippen LogP contribution < -0.4 is 4.74 Å². The maximum absolute atomic E-state index is 13.1. The number of phenols is 1. The number of ether oxygens (including phenoxy) is 1. The highest BCUT2D eigenvalue weighted by atomic mass is 16.5. The maximum atomic E-state index is 13.1. The molecule has 1 aliphatic carbocycles. The minimum absolute atomic E-state index is 0.0812. The summed E-state index contributed by atoms with van der Waals surface area (Å²) >= 11 is 0. The summed E-state index contributed by atoms with van der Waals surface area (Å²) in [7, 11) is 1.59. The topological polar surface area (TPSA) is 63.6 Å². The van der Waals surface area contributed by atoms with Gasteiger partial charge in [0.1, 0.15) is 11.5 Å². The highest BCUT2D eigenvalue weighted by Crippen LogP contribution is 2.38. The Morgan fingerprint density at radius 3 is 2.42 bits per heavy atom. The second-order valence-electron chi connectivity index (χ2n) is 5.89. The van der Waals surface area contributed by atoms with E-state index < -0.39 is 0 Å². The molecule has 4 heteroatoms. The van der Waals surface area contributed by atoms with Crippen molar-refractivity contribution in [2.45, 2.75) is 6.92 Å². The Bertz CT molecular complexity index is 1050. The molecule has 0 aliphatic heterocycles. The van der Waals surface area contributed by atoms with Gasteiger partial charge in [-0.25, -0.2) is 0 Å². The average Bonchev–Trinajstić information content (AvgIpc) is 2.58. The molecule has 0 atom stereocenters. The molecule has 0 saturated carbocycles. The summed E-state index contributed by atoms with van der Waals surface area (Å²) in [6.45, 7) is 1.88. The molecule has 0 heterocycles. The normalized spacial score (nSPS) is 12.9. The van der Waals surface area contributed by atoms with Gasteiger partial charge in [-0.2, -0.15) is 0 Å². The molecule has 0 unspecified atom stereocenters. The van der Waals surface area contributed by atoms with E-state index in [1.807, 2.05) is 25.1 Å². The lowest BCUT2D eigenvalue weighted by atomic mass is 9.80. The third-order valence-electron chi connectivity index (χ3n) is 4.51. The molecule has 3 aromatic rings. The van der Waals surface area contributed by atoms with E-state index in [1.165, 1.54) is 6.07 Å². The van der Waals surface area contributed by atoms with Crippen molar-refractivity contribution in [2.75, 3.05) is 7.11 Å². The predicted molar refractivity (Wildman–Crippen MR) is 90.2 cm³/mol. The van der Waals surface area contributed by atoms with E-state index in [0.717, 1.165) is 16.3 Å². The van der Waals surface area contributed by atoms with Gasteiger partial charge in [0, 0.05) is 16.7 Å². The van der Waals surface area contributed by atoms with E-state index in [0.29, 0.717) is 16.9 Å². The molecule has 0 aromatic heterocycles. The van der Waals surface area contributed by atoms with Crippen LogP contribution in [0.1, 0.15) is 37.4 Å². The fourth-order valence-corrected chi connectivity index (χ4v) is 3.43.